The standard InChI is InChI=1S/C22H47NO/c1-2-3-4-5-14-17-20-23-21-18-15-12-10-8-6-7-9-11-13-16-19-22-24/h23-24H,2-22H2,1H3. The van der Waals surface area contributed by atoms with E-state index in [-0.39, 0.29) is 0 Å². The zero-order chi connectivity index (χ0) is 17.6. The van der Waals surface area contributed by atoms with E-state index >= 15 is 0 Å². The molecule has 0 rings (SSSR count). The lowest BCUT2D eigenvalue weighted by Crippen LogP contribution is -2.16. The quantitative estimate of drug-likeness (QED) is 0.230. The maximum atomic E-state index is 8.71. The largest absolute Gasteiger partial charge is 0.396 e. The van der Waals surface area contributed by atoms with E-state index in [4.69, 9.17) is 5.11 Å². The first kappa shape index (κ1) is 23.9. The van der Waals surface area contributed by atoms with Crippen molar-refractivity contribution in [1.82, 2.24) is 5.32 Å². The lowest BCUT2D eigenvalue weighted by molar-refractivity contribution is 0.282. The van der Waals surface area contributed by atoms with E-state index in [1.54, 1.807) is 0 Å². The summed E-state index contributed by atoms with van der Waals surface area (Å²) in [4.78, 5) is 0. The molecule has 0 aromatic heterocycles. The van der Waals surface area contributed by atoms with Crippen LogP contribution in [0.3, 0.4) is 0 Å². The number of rotatable bonds is 21. The van der Waals surface area contributed by atoms with Crippen LogP contribution in [0.2, 0.25) is 0 Å². The molecule has 0 heterocycles. The number of unbranched alkanes of at least 4 members (excludes halogenated alkanes) is 16. The van der Waals surface area contributed by atoms with Crippen molar-refractivity contribution in [3.8, 4) is 0 Å². The highest BCUT2D eigenvalue weighted by molar-refractivity contribution is 4.52. The van der Waals surface area contributed by atoms with E-state index in [9.17, 15) is 0 Å². The van der Waals surface area contributed by atoms with Crippen molar-refractivity contribution in [2.45, 2.75) is 122 Å². The molecule has 2 heteroatoms. The lowest BCUT2D eigenvalue weighted by atomic mass is 10.1. The Hall–Kier alpha value is -0.0800. The van der Waals surface area contributed by atoms with Crippen LogP contribution < -0.4 is 5.32 Å². The van der Waals surface area contributed by atoms with E-state index in [0.29, 0.717) is 6.61 Å². The topological polar surface area (TPSA) is 32.3 Å². The monoisotopic (exact) mass is 341 g/mol. The molecular weight excluding hydrogens is 294 g/mol. The van der Waals surface area contributed by atoms with Crippen LogP contribution in [-0.4, -0.2) is 24.8 Å². The molecule has 0 atom stereocenters. The third kappa shape index (κ3) is 21.9. The molecule has 0 unspecified atom stereocenters. The minimum absolute atomic E-state index is 0.370. The third-order valence-corrected chi connectivity index (χ3v) is 4.97. The van der Waals surface area contributed by atoms with Gasteiger partial charge in [-0.05, 0) is 32.4 Å². The van der Waals surface area contributed by atoms with Gasteiger partial charge in [0.1, 0.15) is 0 Å². The second-order valence-corrected chi connectivity index (χ2v) is 7.48. The summed E-state index contributed by atoms with van der Waals surface area (Å²) in [5.74, 6) is 0. The first-order valence-electron chi connectivity index (χ1n) is 11.2. The Morgan fingerprint density at radius 1 is 0.458 bits per heavy atom. The Morgan fingerprint density at radius 3 is 1.17 bits per heavy atom. The van der Waals surface area contributed by atoms with E-state index < -0.39 is 0 Å². The summed E-state index contributed by atoms with van der Waals surface area (Å²) in [7, 11) is 0. The van der Waals surface area contributed by atoms with Crippen LogP contribution in [0.1, 0.15) is 122 Å². The molecule has 0 aliphatic heterocycles. The van der Waals surface area contributed by atoms with Gasteiger partial charge in [0.2, 0.25) is 0 Å². The van der Waals surface area contributed by atoms with Gasteiger partial charge in [-0.15, -0.1) is 0 Å². The molecular formula is C22H47NO. The van der Waals surface area contributed by atoms with Crippen molar-refractivity contribution < 1.29 is 5.11 Å². The highest BCUT2D eigenvalue weighted by atomic mass is 16.2. The van der Waals surface area contributed by atoms with Crippen LogP contribution in [0.15, 0.2) is 0 Å². The fourth-order valence-corrected chi connectivity index (χ4v) is 3.28. The minimum atomic E-state index is 0.370. The van der Waals surface area contributed by atoms with Crippen molar-refractivity contribution >= 4 is 0 Å². The molecule has 0 fully saturated rings. The molecule has 0 saturated carbocycles. The zero-order valence-corrected chi connectivity index (χ0v) is 16.8. The van der Waals surface area contributed by atoms with Gasteiger partial charge >= 0.3 is 0 Å². The highest BCUT2D eigenvalue weighted by Crippen LogP contribution is 2.11. The van der Waals surface area contributed by atoms with Crippen LogP contribution in [0.5, 0.6) is 0 Å². The summed E-state index contributed by atoms with van der Waals surface area (Å²) in [5.41, 5.74) is 0. The molecule has 0 bridgehead atoms. The van der Waals surface area contributed by atoms with E-state index in [2.05, 4.69) is 12.2 Å². The number of aliphatic hydroxyl groups excluding tert-OH is 1. The average Bonchev–Trinajstić information content (AvgIpc) is 2.60. The van der Waals surface area contributed by atoms with Crippen molar-refractivity contribution in [1.29, 1.82) is 0 Å². The lowest BCUT2D eigenvalue weighted by Gasteiger charge is -2.05. The van der Waals surface area contributed by atoms with Gasteiger partial charge in [-0.3, -0.25) is 0 Å². The van der Waals surface area contributed by atoms with E-state index in [0.717, 1.165) is 6.42 Å². The molecule has 0 aromatic rings. The van der Waals surface area contributed by atoms with Gasteiger partial charge in [-0.25, -0.2) is 0 Å². The van der Waals surface area contributed by atoms with Gasteiger partial charge in [0.15, 0.2) is 0 Å². The smallest absolute Gasteiger partial charge is 0.0431 e. The van der Waals surface area contributed by atoms with Crippen LogP contribution >= 0.6 is 0 Å². The summed E-state index contributed by atoms with van der Waals surface area (Å²) in [5, 5.41) is 12.3. The van der Waals surface area contributed by atoms with Gasteiger partial charge in [0.05, 0.1) is 0 Å². The predicted octanol–water partition coefficient (Wildman–Crippen LogP) is 6.61. The van der Waals surface area contributed by atoms with Gasteiger partial charge < -0.3 is 10.4 Å². The fraction of sp³-hybridized carbons (Fsp3) is 1.00. The SMILES string of the molecule is CCCCCCCCNCCCCCCCCCCCCCCO. The van der Waals surface area contributed by atoms with E-state index in [1.807, 2.05) is 0 Å². The average molecular weight is 342 g/mol. The maximum Gasteiger partial charge on any atom is 0.0431 e. The third-order valence-electron chi connectivity index (χ3n) is 4.97. The summed E-state index contributed by atoms with van der Waals surface area (Å²) >= 11 is 0. The number of hydrogen-bond acceptors (Lipinski definition) is 2. The first-order chi connectivity index (χ1) is 11.9. The molecule has 0 saturated heterocycles. The predicted molar refractivity (Wildman–Crippen MR) is 109 cm³/mol. The fourth-order valence-electron chi connectivity index (χ4n) is 3.28. The summed E-state index contributed by atoms with van der Waals surface area (Å²) in [6, 6.07) is 0. The number of nitrogens with one attached hydrogen (secondary N) is 1. The zero-order valence-electron chi connectivity index (χ0n) is 16.8. The molecule has 2 nitrogen and oxygen atoms in total. The first-order valence-corrected chi connectivity index (χ1v) is 11.2. The van der Waals surface area contributed by atoms with Crippen LogP contribution in [-0.2, 0) is 0 Å². The number of hydrogen-bond donors (Lipinski definition) is 2. The molecule has 2 N–H and O–H groups in total. The van der Waals surface area contributed by atoms with Gasteiger partial charge in [-0.2, -0.15) is 0 Å². The van der Waals surface area contributed by atoms with Gasteiger partial charge in [-0.1, -0.05) is 103 Å². The molecule has 146 valence electrons. The Morgan fingerprint density at radius 2 is 0.792 bits per heavy atom. The summed E-state index contributed by atoms with van der Waals surface area (Å²) in [6.07, 6.45) is 24.6. The van der Waals surface area contributed by atoms with Crippen molar-refractivity contribution in [2.24, 2.45) is 0 Å². The maximum absolute atomic E-state index is 8.71. The molecule has 0 amide bonds. The Balaban J connectivity index is 2.93. The van der Waals surface area contributed by atoms with Crippen molar-refractivity contribution in [2.75, 3.05) is 19.7 Å². The molecule has 0 aliphatic carbocycles. The molecule has 24 heavy (non-hydrogen) atoms. The number of aliphatic hydroxyl groups is 1. The van der Waals surface area contributed by atoms with Crippen LogP contribution in [0.4, 0.5) is 0 Å². The second kappa shape index (κ2) is 22.9. The van der Waals surface area contributed by atoms with Gasteiger partial charge in [0.25, 0.3) is 0 Å². The van der Waals surface area contributed by atoms with Crippen LogP contribution in [0.25, 0.3) is 0 Å². The Bertz CT molecular complexity index is 186. The molecule has 0 radical (unpaired) electrons. The molecule has 0 spiro atoms. The van der Waals surface area contributed by atoms with Crippen molar-refractivity contribution in [3.63, 3.8) is 0 Å². The van der Waals surface area contributed by atoms with E-state index in [1.165, 1.54) is 122 Å². The Kier molecular flexibility index (Phi) is 22.8. The summed E-state index contributed by atoms with van der Waals surface area (Å²) < 4.78 is 0. The summed E-state index contributed by atoms with van der Waals surface area (Å²) in [6.45, 7) is 5.10. The molecule has 0 aliphatic rings. The Labute approximate surface area is 153 Å². The van der Waals surface area contributed by atoms with Crippen LogP contribution in [0, 0.1) is 0 Å². The van der Waals surface area contributed by atoms with Gasteiger partial charge in [0, 0.05) is 6.61 Å². The molecule has 0 aromatic carbocycles. The highest BCUT2D eigenvalue weighted by Gasteiger charge is 1.94. The normalized spacial score (nSPS) is 11.2. The minimum Gasteiger partial charge on any atom is -0.396 e. The second-order valence-electron chi connectivity index (χ2n) is 7.48. The van der Waals surface area contributed by atoms with Crippen molar-refractivity contribution in [3.05, 3.63) is 0 Å².